The number of aliphatic hydroxyl groups is 1. The summed E-state index contributed by atoms with van der Waals surface area (Å²) < 4.78 is 47.1. The van der Waals surface area contributed by atoms with Crippen molar-refractivity contribution < 1.29 is 41.1 Å². The molecule has 0 fully saturated rings. The third-order valence-electron chi connectivity index (χ3n) is 3.05. The Kier molecular flexibility index (Phi) is 7.55. The molecule has 0 atom stereocenters. The van der Waals surface area contributed by atoms with Gasteiger partial charge in [-0.25, -0.2) is 16.8 Å². The molecule has 1 aliphatic carbocycles. The number of aliphatic hydroxyl groups excluding tert-OH is 1. The molecule has 0 aromatic rings. The zero-order chi connectivity index (χ0) is 20.7. The van der Waals surface area contributed by atoms with E-state index >= 15 is 0 Å². The Labute approximate surface area is 154 Å². The Balaban J connectivity index is 2.85. The van der Waals surface area contributed by atoms with Crippen molar-refractivity contribution in [3.05, 3.63) is 48.3 Å². The number of imide groups is 1. The fourth-order valence-electron chi connectivity index (χ4n) is 1.78. The molecular formula is C15H15NO9S2. The second-order valence-corrected chi connectivity index (χ2v) is 8.74. The van der Waals surface area contributed by atoms with Crippen LogP contribution in [0.2, 0.25) is 0 Å². The average molecular weight is 417 g/mol. The summed E-state index contributed by atoms with van der Waals surface area (Å²) in [5.41, 5.74) is 0.276. The maximum atomic E-state index is 11.9. The number of hydrogen-bond acceptors (Lipinski definition) is 9. The minimum absolute atomic E-state index is 0.276. The standard InChI is InChI=1S/C15H15NO9S2/c17-9-5-4-8-12(18)27(24,25)15(21)16-13(19)14(20)26(22,23)10-11-6-2-1-3-7-11/h2,4-9,17H,1,3,10H2,(H,16,19,21)/b8-4+,9-5+. The highest BCUT2D eigenvalue weighted by Gasteiger charge is 2.36. The van der Waals surface area contributed by atoms with E-state index in [0.717, 1.165) is 17.5 Å². The molecule has 2 N–H and O–H groups in total. The van der Waals surface area contributed by atoms with Gasteiger partial charge in [-0.15, -0.1) is 0 Å². The van der Waals surface area contributed by atoms with E-state index in [9.17, 15) is 36.0 Å². The van der Waals surface area contributed by atoms with Crippen LogP contribution in [0.15, 0.2) is 48.3 Å². The lowest BCUT2D eigenvalue weighted by Crippen LogP contribution is -2.43. The molecule has 27 heavy (non-hydrogen) atoms. The van der Waals surface area contributed by atoms with Gasteiger partial charge in [-0.2, -0.15) is 0 Å². The van der Waals surface area contributed by atoms with Gasteiger partial charge in [-0.3, -0.25) is 24.5 Å². The Hall–Kier alpha value is -2.86. The van der Waals surface area contributed by atoms with E-state index in [2.05, 4.69) is 0 Å². The van der Waals surface area contributed by atoms with Crippen molar-refractivity contribution in [2.45, 2.75) is 12.8 Å². The van der Waals surface area contributed by atoms with E-state index in [0.29, 0.717) is 25.2 Å². The van der Waals surface area contributed by atoms with Crippen molar-refractivity contribution in [1.82, 2.24) is 5.32 Å². The molecule has 0 spiro atoms. The quantitative estimate of drug-likeness (QED) is 0.277. The normalized spacial score (nSPS) is 14.9. The summed E-state index contributed by atoms with van der Waals surface area (Å²) in [6.45, 7) is 0. The average Bonchev–Trinajstić information content (AvgIpc) is 2.61. The number of sulfone groups is 2. The van der Waals surface area contributed by atoms with Crippen molar-refractivity contribution in [2.75, 3.05) is 5.75 Å². The second-order valence-electron chi connectivity index (χ2n) is 5.07. The lowest BCUT2D eigenvalue weighted by atomic mass is 10.1. The molecule has 12 heteroatoms. The highest BCUT2D eigenvalue weighted by atomic mass is 32.2. The van der Waals surface area contributed by atoms with E-state index < -0.39 is 46.8 Å². The van der Waals surface area contributed by atoms with Gasteiger partial charge in [0.15, 0.2) is 0 Å². The predicted molar refractivity (Wildman–Crippen MR) is 93.6 cm³/mol. The number of amides is 2. The lowest BCUT2D eigenvalue weighted by Gasteiger charge is -2.07. The van der Waals surface area contributed by atoms with E-state index in [1.807, 2.05) is 0 Å². The highest BCUT2D eigenvalue weighted by molar-refractivity contribution is 8.19. The summed E-state index contributed by atoms with van der Waals surface area (Å²) in [5.74, 6) is -2.78. The van der Waals surface area contributed by atoms with Gasteiger partial charge >= 0.3 is 16.3 Å². The van der Waals surface area contributed by atoms with Gasteiger partial charge in [0, 0.05) is 0 Å². The maximum Gasteiger partial charge on any atom is 0.351 e. The minimum atomic E-state index is -5.20. The monoisotopic (exact) mass is 417 g/mol. The van der Waals surface area contributed by atoms with E-state index in [1.165, 1.54) is 6.08 Å². The summed E-state index contributed by atoms with van der Waals surface area (Å²) >= 11 is 0. The smallest absolute Gasteiger partial charge is 0.351 e. The Morgan fingerprint density at radius 3 is 2.30 bits per heavy atom. The maximum absolute atomic E-state index is 11.9. The molecule has 10 nitrogen and oxygen atoms in total. The fourth-order valence-corrected chi connectivity index (χ4v) is 3.56. The van der Waals surface area contributed by atoms with Crippen LogP contribution in [0.5, 0.6) is 0 Å². The molecule has 0 bridgehead atoms. The largest absolute Gasteiger partial charge is 0.516 e. The Bertz CT molecular complexity index is 980. The number of carbonyl (C=O) groups excluding carboxylic acids is 4. The number of rotatable bonds is 4. The van der Waals surface area contributed by atoms with Crippen molar-refractivity contribution in [3.63, 3.8) is 0 Å². The SMILES string of the molecule is O=C(NC(=O)S(=O)(=O)C(=O)/C=C/C=C/O)C(=O)S(=O)(=O)CC1=CCCC=C1. The zero-order valence-electron chi connectivity index (χ0n) is 13.7. The molecule has 1 aliphatic rings. The third-order valence-corrected chi connectivity index (χ3v) is 5.77. The van der Waals surface area contributed by atoms with Crippen LogP contribution in [0.25, 0.3) is 0 Å². The van der Waals surface area contributed by atoms with Crippen LogP contribution in [-0.4, -0.2) is 49.1 Å². The number of nitrogens with one attached hydrogen (secondary N) is 1. The van der Waals surface area contributed by atoms with Crippen molar-refractivity contribution in [2.24, 2.45) is 0 Å². The highest BCUT2D eigenvalue weighted by Crippen LogP contribution is 2.12. The molecule has 1 rings (SSSR count). The second kappa shape index (κ2) is 9.19. The molecule has 146 valence electrons. The summed E-state index contributed by atoms with van der Waals surface area (Å²) in [6, 6.07) is 0. The van der Waals surface area contributed by atoms with Gasteiger partial charge in [-0.1, -0.05) is 24.3 Å². The van der Waals surface area contributed by atoms with Gasteiger partial charge in [0.1, 0.15) is 0 Å². The molecule has 0 heterocycles. The molecule has 0 saturated carbocycles. The van der Waals surface area contributed by atoms with Crippen LogP contribution in [0, 0.1) is 0 Å². The number of allylic oxidation sites excluding steroid dienone is 5. The Morgan fingerprint density at radius 2 is 1.74 bits per heavy atom. The molecular weight excluding hydrogens is 402 g/mol. The molecule has 0 aromatic heterocycles. The lowest BCUT2D eigenvalue weighted by molar-refractivity contribution is -0.132. The first-order chi connectivity index (χ1) is 12.5. The van der Waals surface area contributed by atoms with Gasteiger partial charge in [0.05, 0.1) is 12.0 Å². The molecule has 2 amide bonds. The van der Waals surface area contributed by atoms with Crippen LogP contribution in [0.4, 0.5) is 4.79 Å². The summed E-state index contributed by atoms with van der Waals surface area (Å²) in [6.07, 6.45) is 8.53. The minimum Gasteiger partial charge on any atom is -0.516 e. The molecule has 0 aliphatic heterocycles. The van der Waals surface area contributed by atoms with E-state index in [1.54, 1.807) is 12.2 Å². The van der Waals surface area contributed by atoms with Crippen LogP contribution < -0.4 is 5.32 Å². The van der Waals surface area contributed by atoms with Crippen molar-refractivity contribution in [3.8, 4) is 0 Å². The summed E-state index contributed by atoms with van der Waals surface area (Å²) in [4.78, 5) is 46.4. The van der Waals surface area contributed by atoms with Gasteiger partial charge in [-0.05, 0) is 30.6 Å². The van der Waals surface area contributed by atoms with Crippen LogP contribution >= 0.6 is 0 Å². The third kappa shape index (κ3) is 6.11. The molecule has 0 saturated heterocycles. The van der Waals surface area contributed by atoms with Gasteiger partial charge < -0.3 is 5.11 Å². The molecule has 0 unspecified atom stereocenters. The van der Waals surface area contributed by atoms with Crippen molar-refractivity contribution >= 4 is 41.1 Å². The topological polar surface area (TPSA) is 169 Å². The van der Waals surface area contributed by atoms with Gasteiger partial charge in [0.25, 0.3) is 15.0 Å². The molecule has 0 aromatic carbocycles. The van der Waals surface area contributed by atoms with E-state index in [4.69, 9.17) is 5.11 Å². The van der Waals surface area contributed by atoms with Crippen LogP contribution in [-0.2, 0) is 34.1 Å². The number of carbonyl (C=O) groups is 4. The molecule has 0 radical (unpaired) electrons. The first kappa shape index (κ1) is 22.2. The van der Waals surface area contributed by atoms with Gasteiger partial charge in [0.2, 0.25) is 9.84 Å². The van der Waals surface area contributed by atoms with Crippen molar-refractivity contribution in [1.29, 1.82) is 0 Å². The predicted octanol–water partition coefficient (Wildman–Crippen LogP) is 0.00970. The van der Waals surface area contributed by atoms with Crippen LogP contribution in [0.3, 0.4) is 0 Å². The summed E-state index contributed by atoms with van der Waals surface area (Å²) in [7, 11) is -9.84. The number of hydrogen-bond donors (Lipinski definition) is 2. The fraction of sp³-hybridized carbons (Fsp3) is 0.200. The first-order valence-electron chi connectivity index (χ1n) is 7.26. The summed E-state index contributed by atoms with van der Waals surface area (Å²) in [5, 5.41) is 3.54. The Morgan fingerprint density at radius 1 is 1.07 bits per heavy atom. The first-order valence-corrected chi connectivity index (χ1v) is 10.4. The zero-order valence-corrected chi connectivity index (χ0v) is 15.3. The van der Waals surface area contributed by atoms with E-state index in [-0.39, 0.29) is 5.57 Å². The van der Waals surface area contributed by atoms with Crippen LogP contribution in [0.1, 0.15) is 12.8 Å².